The number of para-hydroxylation sites is 1. The molecule has 0 atom stereocenters. The average molecular weight is 352 g/mol. The molecule has 0 saturated carbocycles. The maximum atomic E-state index is 5.88. The summed E-state index contributed by atoms with van der Waals surface area (Å²) < 4.78 is 11.4. The smallest absolute Gasteiger partial charge is 0.251 e. The number of furan rings is 1. The van der Waals surface area contributed by atoms with Gasteiger partial charge in [0.15, 0.2) is 0 Å². The third-order valence-electron chi connectivity index (χ3n) is 4.81. The van der Waals surface area contributed by atoms with Gasteiger partial charge >= 0.3 is 0 Å². The van der Waals surface area contributed by atoms with Crippen LogP contribution >= 0.6 is 0 Å². The first kappa shape index (κ1) is 16.8. The molecule has 26 heavy (non-hydrogen) atoms. The standard InChI is InChI=1S/C20H24N4O2/c1-15-13-18(16(2)25-15)20-22-21-19(26-20)14-23-9-6-10-24(12-11-23)17-7-4-3-5-8-17/h3-5,7-8,13H,6,9-12,14H2,1-2H3. The van der Waals surface area contributed by atoms with Gasteiger partial charge in [-0.15, -0.1) is 10.2 Å². The first-order chi connectivity index (χ1) is 12.7. The SMILES string of the molecule is Cc1cc(-c2nnc(CN3CCCN(c4ccccc4)CC3)o2)c(C)o1. The van der Waals surface area contributed by atoms with Crippen LogP contribution < -0.4 is 4.90 Å². The van der Waals surface area contributed by atoms with E-state index in [1.54, 1.807) is 0 Å². The number of nitrogens with zero attached hydrogens (tertiary/aromatic N) is 4. The largest absolute Gasteiger partial charge is 0.466 e. The Bertz CT molecular complexity index is 856. The van der Waals surface area contributed by atoms with Crippen molar-refractivity contribution < 1.29 is 8.83 Å². The number of benzene rings is 1. The minimum atomic E-state index is 0.537. The molecule has 0 radical (unpaired) electrons. The Hall–Kier alpha value is -2.60. The molecule has 3 heterocycles. The first-order valence-electron chi connectivity index (χ1n) is 9.11. The summed E-state index contributed by atoms with van der Waals surface area (Å²) >= 11 is 0. The summed E-state index contributed by atoms with van der Waals surface area (Å²) in [5.41, 5.74) is 2.17. The Balaban J connectivity index is 1.40. The van der Waals surface area contributed by atoms with Gasteiger partial charge in [0.25, 0.3) is 5.89 Å². The lowest BCUT2D eigenvalue weighted by Crippen LogP contribution is -2.30. The second kappa shape index (κ2) is 7.33. The average Bonchev–Trinajstić information content (AvgIpc) is 3.15. The Morgan fingerprint density at radius 1 is 0.962 bits per heavy atom. The summed E-state index contributed by atoms with van der Waals surface area (Å²) in [7, 11) is 0. The van der Waals surface area contributed by atoms with Gasteiger partial charge in [0.05, 0.1) is 12.1 Å². The van der Waals surface area contributed by atoms with Crippen molar-refractivity contribution in [3.8, 4) is 11.5 Å². The van der Waals surface area contributed by atoms with E-state index in [1.165, 1.54) is 5.69 Å². The van der Waals surface area contributed by atoms with Gasteiger partial charge in [-0.1, -0.05) is 18.2 Å². The molecule has 6 nitrogen and oxygen atoms in total. The van der Waals surface area contributed by atoms with Crippen LogP contribution in [0.1, 0.15) is 23.8 Å². The topological polar surface area (TPSA) is 58.5 Å². The van der Waals surface area contributed by atoms with Gasteiger partial charge in [-0.05, 0) is 38.5 Å². The highest BCUT2D eigenvalue weighted by atomic mass is 16.4. The van der Waals surface area contributed by atoms with E-state index in [1.807, 2.05) is 19.9 Å². The normalized spacial score (nSPS) is 16.0. The van der Waals surface area contributed by atoms with Crippen LogP contribution in [-0.2, 0) is 6.54 Å². The summed E-state index contributed by atoms with van der Waals surface area (Å²) in [4.78, 5) is 4.82. The zero-order valence-corrected chi connectivity index (χ0v) is 15.3. The lowest BCUT2D eigenvalue weighted by molar-refractivity contribution is 0.256. The number of hydrogen-bond donors (Lipinski definition) is 0. The fourth-order valence-corrected chi connectivity index (χ4v) is 3.49. The van der Waals surface area contributed by atoms with Crippen molar-refractivity contribution in [2.45, 2.75) is 26.8 Å². The van der Waals surface area contributed by atoms with E-state index < -0.39 is 0 Å². The molecule has 3 aromatic rings. The number of rotatable bonds is 4. The number of aromatic nitrogens is 2. The lowest BCUT2D eigenvalue weighted by atomic mass is 10.2. The molecule has 1 fully saturated rings. The molecule has 1 saturated heterocycles. The van der Waals surface area contributed by atoms with Crippen molar-refractivity contribution >= 4 is 5.69 Å². The van der Waals surface area contributed by atoms with Crippen LogP contribution in [0.3, 0.4) is 0 Å². The number of aryl methyl sites for hydroxylation is 2. The summed E-state index contributed by atoms with van der Waals surface area (Å²) in [5.74, 6) is 2.86. The van der Waals surface area contributed by atoms with Crippen molar-refractivity contribution in [3.63, 3.8) is 0 Å². The van der Waals surface area contributed by atoms with Crippen LogP contribution in [-0.4, -0.2) is 41.3 Å². The van der Waals surface area contributed by atoms with Crippen molar-refractivity contribution in [2.24, 2.45) is 0 Å². The monoisotopic (exact) mass is 352 g/mol. The predicted molar refractivity (Wildman–Crippen MR) is 100 cm³/mol. The molecule has 0 unspecified atom stereocenters. The third-order valence-corrected chi connectivity index (χ3v) is 4.81. The maximum absolute atomic E-state index is 5.88. The molecule has 1 aliphatic rings. The molecular weight excluding hydrogens is 328 g/mol. The molecule has 4 rings (SSSR count). The Morgan fingerprint density at radius 3 is 2.58 bits per heavy atom. The van der Waals surface area contributed by atoms with Crippen LogP contribution in [0.15, 0.2) is 45.2 Å². The second-order valence-corrected chi connectivity index (χ2v) is 6.78. The van der Waals surface area contributed by atoms with Crippen LogP contribution in [0.25, 0.3) is 11.5 Å². The highest BCUT2D eigenvalue weighted by molar-refractivity contribution is 5.55. The Labute approximate surface area is 153 Å². The fraction of sp³-hybridized carbons (Fsp3) is 0.400. The lowest BCUT2D eigenvalue weighted by Gasteiger charge is -2.23. The van der Waals surface area contributed by atoms with Gasteiger partial charge in [0, 0.05) is 31.9 Å². The number of anilines is 1. The highest BCUT2D eigenvalue weighted by Crippen LogP contribution is 2.25. The number of hydrogen-bond acceptors (Lipinski definition) is 6. The summed E-state index contributed by atoms with van der Waals surface area (Å²) in [6.07, 6.45) is 1.12. The van der Waals surface area contributed by atoms with Gasteiger partial charge in [-0.25, -0.2) is 0 Å². The van der Waals surface area contributed by atoms with Gasteiger partial charge in [-0.3, -0.25) is 4.90 Å². The maximum Gasteiger partial charge on any atom is 0.251 e. The van der Waals surface area contributed by atoms with Gasteiger partial charge < -0.3 is 13.7 Å². The first-order valence-corrected chi connectivity index (χ1v) is 9.11. The molecule has 2 aromatic heterocycles. The third kappa shape index (κ3) is 3.65. The van der Waals surface area contributed by atoms with E-state index in [4.69, 9.17) is 8.83 Å². The van der Waals surface area contributed by atoms with Crippen molar-refractivity contribution in [1.82, 2.24) is 15.1 Å². The molecule has 0 spiro atoms. The van der Waals surface area contributed by atoms with E-state index in [9.17, 15) is 0 Å². The summed E-state index contributed by atoms with van der Waals surface area (Å²) in [5, 5.41) is 8.43. The van der Waals surface area contributed by atoms with Crippen molar-refractivity contribution in [3.05, 3.63) is 53.8 Å². The minimum absolute atomic E-state index is 0.537. The summed E-state index contributed by atoms with van der Waals surface area (Å²) in [6.45, 7) is 8.61. The predicted octanol–water partition coefficient (Wildman–Crippen LogP) is 3.66. The van der Waals surface area contributed by atoms with E-state index in [0.717, 1.165) is 49.7 Å². The quantitative estimate of drug-likeness (QED) is 0.714. The Kier molecular flexibility index (Phi) is 4.75. The van der Waals surface area contributed by atoms with Crippen LogP contribution in [0.4, 0.5) is 5.69 Å². The molecule has 0 amide bonds. The molecule has 6 heteroatoms. The van der Waals surface area contributed by atoms with E-state index >= 15 is 0 Å². The van der Waals surface area contributed by atoms with E-state index in [0.29, 0.717) is 18.3 Å². The zero-order chi connectivity index (χ0) is 17.9. The van der Waals surface area contributed by atoms with Crippen molar-refractivity contribution in [1.29, 1.82) is 0 Å². The minimum Gasteiger partial charge on any atom is -0.466 e. The van der Waals surface area contributed by atoms with Gasteiger partial charge in [0.1, 0.15) is 11.5 Å². The molecular formula is C20H24N4O2. The van der Waals surface area contributed by atoms with E-state index in [2.05, 4.69) is 50.3 Å². The molecule has 0 N–H and O–H groups in total. The molecule has 0 bridgehead atoms. The van der Waals surface area contributed by atoms with Crippen LogP contribution in [0.2, 0.25) is 0 Å². The summed E-state index contributed by atoms with van der Waals surface area (Å²) in [6, 6.07) is 12.5. The van der Waals surface area contributed by atoms with Crippen LogP contribution in [0.5, 0.6) is 0 Å². The molecule has 136 valence electrons. The molecule has 0 aliphatic carbocycles. The van der Waals surface area contributed by atoms with Crippen LogP contribution in [0, 0.1) is 13.8 Å². The van der Waals surface area contributed by atoms with Crippen molar-refractivity contribution in [2.75, 3.05) is 31.1 Å². The van der Waals surface area contributed by atoms with Gasteiger partial charge in [-0.2, -0.15) is 0 Å². The van der Waals surface area contributed by atoms with Gasteiger partial charge in [0.2, 0.25) is 5.89 Å². The Morgan fingerprint density at radius 2 is 1.81 bits per heavy atom. The fourth-order valence-electron chi connectivity index (χ4n) is 3.49. The zero-order valence-electron chi connectivity index (χ0n) is 15.3. The van der Waals surface area contributed by atoms with E-state index in [-0.39, 0.29) is 0 Å². The highest BCUT2D eigenvalue weighted by Gasteiger charge is 2.19. The molecule has 1 aliphatic heterocycles. The second-order valence-electron chi connectivity index (χ2n) is 6.78. The molecule has 1 aromatic carbocycles.